The number of esters is 3. The number of unbranched alkanes of at least 4 members (excludes halogenated alkanes) is 43. The van der Waals surface area contributed by atoms with Crippen LogP contribution in [0.2, 0.25) is 0 Å². The summed E-state index contributed by atoms with van der Waals surface area (Å²) in [4.78, 5) is 51.1. The van der Waals surface area contributed by atoms with Crippen LogP contribution in [0.15, 0.2) is 24.3 Å². The molecule has 104 heavy (non-hydrogen) atoms. The summed E-state index contributed by atoms with van der Waals surface area (Å²) in [5.74, 6) is -2.23. The van der Waals surface area contributed by atoms with Crippen LogP contribution in [0.4, 0.5) is 0 Å². The molecule has 0 radical (unpaired) electrons. The molecule has 0 aromatic rings. The zero-order valence-electron chi connectivity index (χ0n) is 64.1. The van der Waals surface area contributed by atoms with Gasteiger partial charge in [0, 0.05) is 18.9 Å². The lowest BCUT2D eigenvalue weighted by Crippen LogP contribution is -2.69. The molecule has 2 aliphatic heterocycles. The quantitative estimate of drug-likeness (QED) is 0.00673. The van der Waals surface area contributed by atoms with Crippen molar-refractivity contribution in [2.45, 2.75) is 433 Å². The Balaban J connectivity index is 1.71. The molecule has 3 rings (SSSR count). The summed E-state index contributed by atoms with van der Waals surface area (Å²) < 4.78 is 65.0. The first kappa shape index (κ1) is 95.6. The van der Waals surface area contributed by atoms with E-state index in [4.69, 9.17) is 42.2 Å². The maximum atomic E-state index is 14.4. The number of phosphoric acid groups is 1. The molecule has 3 aliphatic rings. The molecular formula is C79H145O24P. The molecule has 0 bridgehead atoms. The Kier molecular flexibility index (Phi) is 55.4. The van der Waals surface area contributed by atoms with Gasteiger partial charge in [0.25, 0.3) is 0 Å². The van der Waals surface area contributed by atoms with Crippen LogP contribution in [0.5, 0.6) is 0 Å². The Morgan fingerprint density at radius 1 is 0.394 bits per heavy atom. The van der Waals surface area contributed by atoms with E-state index in [2.05, 4.69) is 20.8 Å². The molecular weight excluding hydrogens is 1360 g/mol. The zero-order valence-corrected chi connectivity index (χ0v) is 65.0. The first-order chi connectivity index (χ1) is 50.3. The Morgan fingerprint density at radius 2 is 0.740 bits per heavy atom. The van der Waals surface area contributed by atoms with Gasteiger partial charge >= 0.3 is 25.7 Å². The van der Waals surface area contributed by atoms with Gasteiger partial charge in [-0.15, -0.1) is 0 Å². The van der Waals surface area contributed by atoms with Crippen molar-refractivity contribution < 1.29 is 117 Å². The van der Waals surface area contributed by atoms with Crippen molar-refractivity contribution in [3.8, 4) is 0 Å². The van der Waals surface area contributed by atoms with Crippen molar-refractivity contribution in [3.63, 3.8) is 0 Å². The molecule has 0 aromatic heterocycles. The van der Waals surface area contributed by atoms with Gasteiger partial charge in [0.15, 0.2) is 18.7 Å². The fraction of sp³-hybridized carbons (Fsp3) is 0.911. The second kappa shape index (κ2) is 60.2. The number of allylic oxidation sites excluding steroid dienone is 3. The average Bonchev–Trinajstić information content (AvgIpc) is 0.759. The molecule has 0 amide bonds. The van der Waals surface area contributed by atoms with Crippen LogP contribution in [0.1, 0.15) is 329 Å². The van der Waals surface area contributed by atoms with Crippen LogP contribution in [0.3, 0.4) is 0 Å². The highest BCUT2D eigenvalue weighted by molar-refractivity contribution is 7.47. The molecule has 18 atom stereocenters. The van der Waals surface area contributed by atoms with Gasteiger partial charge in [-0.1, -0.05) is 309 Å². The number of carbonyl (C=O) groups excluding carboxylic acids is 3. The molecule has 25 heteroatoms. The van der Waals surface area contributed by atoms with Gasteiger partial charge in [0.1, 0.15) is 98.7 Å². The maximum absolute atomic E-state index is 14.4. The first-order valence-electron chi connectivity index (χ1n) is 41.2. The van der Waals surface area contributed by atoms with E-state index < -0.39 is 156 Å². The third-order valence-electron chi connectivity index (χ3n) is 20.3. The van der Waals surface area contributed by atoms with E-state index in [1.807, 2.05) is 6.08 Å². The smallest absolute Gasteiger partial charge is 0.463 e. The number of carbonyl (C=O) groups is 3. The number of aliphatic hydroxyl groups excluding tert-OH is 10. The van der Waals surface area contributed by atoms with E-state index in [-0.39, 0.29) is 12.8 Å². The summed E-state index contributed by atoms with van der Waals surface area (Å²) >= 11 is 0. The SMILES string of the molecule is CCCCCCCCCCCCC/C=C/C=C/C(=O)OCC(COP(=O)(O)OC1C(OC2OC(CO)C(O)C(O)C2O)C(O)C(O)C(O)C1OC1OC(COC(=O)CCCCCCCCCCCCCCCCCCC)C(O)C(O)C1O)OC(=O)CCCCCCCCCCCCCCCCCCC. The number of aliphatic hydroxyl groups is 10. The Bertz CT molecular complexity index is 2230. The molecule has 11 N–H and O–H groups in total. The van der Waals surface area contributed by atoms with E-state index in [0.29, 0.717) is 12.8 Å². The van der Waals surface area contributed by atoms with Crippen LogP contribution < -0.4 is 0 Å². The third-order valence-corrected chi connectivity index (χ3v) is 21.3. The highest BCUT2D eigenvalue weighted by atomic mass is 31.2. The molecule has 2 saturated heterocycles. The number of hydrogen-bond acceptors (Lipinski definition) is 23. The number of rotatable bonds is 65. The highest BCUT2D eigenvalue weighted by Crippen LogP contribution is 2.49. The standard InChI is InChI=1S/C79H145O24P/c1-4-7-10-13-16-19-22-25-28-30-33-36-39-42-45-48-51-54-64(82)96-59-62-67(85)69(87)74(92)79(100-62)102-76-72(90)70(88)71(89)75(101-78-73(91)68(86)66(84)61(56-80)99-78)77(76)103-104(93,94)97-58-60(57-95-63(81)53-50-47-44-41-38-35-32-27-24-21-18-15-12-9-6-3)98-65(83)55-52-49-46-43-40-37-34-31-29-26-23-20-17-14-11-8-5-2/h44,47,50,53,60-62,66-80,84-92H,4-43,45-46,48-49,51-52,54-59H2,1-3H3,(H,93,94)/b47-44+,53-50+. The van der Waals surface area contributed by atoms with E-state index in [1.54, 1.807) is 6.08 Å². The molecule has 2 heterocycles. The number of phosphoric ester groups is 1. The number of ether oxygens (including phenoxy) is 7. The van der Waals surface area contributed by atoms with Crippen molar-refractivity contribution in [3.05, 3.63) is 24.3 Å². The molecule has 3 fully saturated rings. The molecule has 24 nitrogen and oxygen atoms in total. The minimum Gasteiger partial charge on any atom is -0.463 e. The summed E-state index contributed by atoms with van der Waals surface area (Å²) in [5.41, 5.74) is 0. The van der Waals surface area contributed by atoms with Gasteiger partial charge in [-0.25, -0.2) is 9.36 Å². The van der Waals surface area contributed by atoms with Gasteiger partial charge in [-0.3, -0.25) is 18.6 Å². The summed E-state index contributed by atoms with van der Waals surface area (Å²) in [6, 6.07) is 0. The van der Waals surface area contributed by atoms with Crippen molar-refractivity contribution in [2.75, 3.05) is 26.4 Å². The van der Waals surface area contributed by atoms with Gasteiger partial charge in [0.05, 0.1) is 13.2 Å². The van der Waals surface area contributed by atoms with Gasteiger partial charge in [-0.05, 0) is 25.7 Å². The van der Waals surface area contributed by atoms with Crippen LogP contribution in [0, 0.1) is 0 Å². The lowest BCUT2D eigenvalue weighted by atomic mass is 9.84. The second-order valence-corrected chi connectivity index (χ2v) is 31.0. The first-order valence-corrected chi connectivity index (χ1v) is 42.7. The number of hydrogen-bond donors (Lipinski definition) is 11. The van der Waals surface area contributed by atoms with E-state index in [0.717, 1.165) is 96.0 Å². The molecule has 1 saturated carbocycles. The Morgan fingerprint density at radius 3 is 1.13 bits per heavy atom. The van der Waals surface area contributed by atoms with E-state index in [9.17, 15) is 74.9 Å². The lowest BCUT2D eigenvalue weighted by molar-refractivity contribution is -0.360. The fourth-order valence-electron chi connectivity index (χ4n) is 13.7. The van der Waals surface area contributed by atoms with Crippen molar-refractivity contribution in [1.29, 1.82) is 0 Å². The molecule has 18 unspecified atom stereocenters. The maximum Gasteiger partial charge on any atom is 0.472 e. The van der Waals surface area contributed by atoms with Crippen LogP contribution >= 0.6 is 7.82 Å². The predicted molar refractivity (Wildman–Crippen MR) is 398 cm³/mol. The largest absolute Gasteiger partial charge is 0.472 e. The van der Waals surface area contributed by atoms with Crippen LogP contribution in [-0.2, 0) is 61.2 Å². The van der Waals surface area contributed by atoms with Crippen molar-refractivity contribution in [2.24, 2.45) is 0 Å². The summed E-state index contributed by atoms with van der Waals surface area (Å²) in [7, 11) is -5.72. The second-order valence-electron chi connectivity index (χ2n) is 29.6. The minimum absolute atomic E-state index is 0.0296. The minimum atomic E-state index is -5.72. The average molecular weight is 1510 g/mol. The normalized spacial score (nSPS) is 26.8. The Hall–Kier alpha value is -2.56. The lowest BCUT2D eigenvalue weighted by Gasteiger charge is -2.49. The van der Waals surface area contributed by atoms with Crippen LogP contribution in [0.25, 0.3) is 0 Å². The van der Waals surface area contributed by atoms with E-state index in [1.165, 1.54) is 199 Å². The molecule has 0 aromatic carbocycles. The van der Waals surface area contributed by atoms with Crippen molar-refractivity contribution in [1.82, 2.24) is 0 Å². The molecule has 610 valence electrons. The summed E-state index contributed by atoms with van der Waals surface area (Å²) in [6.45, 7) is 3.39. The van der Waals surface area contributed by atoms with Crippen LogP contribution in [-0.4, -0.2) is 204 Å². The molecule has 1 aliphatic carbocycles. The fourth-order valence-corrected chi connectivity index (χ4v) is 14.6. The van der Waals surface area contributed by atoms with Gasteiger partial charge < -0.3 is 89.1 Å². The highest BCUT2D eigenvalue weighted by Gasteiger charge is 2.58. The summed E-state index contributed by atoms with van der Waals surface area (Å²) in [6.07, 6.45) is 24.2. The topological polar surface area (TPSA) is 374 Å². The van der Waals surface area contributed by atoms with Gasteiger partial charge in [0.2, 0.25) is 0 Å². The molecule has 0 spiro atoms. The monoisotopic (exact) mass is 1510 g/mol. The van der Waals surface area contributed by atoms with Gasteiger partial charge in [-0.2, -0.15) is 0 Å². The Labute approximate surface area is 624 Å². The summed E-state index contributed by atoms with van der Waals surface area (Å²) in [5, 5.41) is 110. The van der Waals surface area contributed by atoms with Crippen molar-refractivity contribution >= 4 is 25.7 Å². The third kappa shape index (κ3) is 42.0. The predicted octanol–water partition coefficient (Wildman–Crippen LogP) is 12.9. The van der Waals surface area contributed by atoms with E-state index >= 15 is 0 Å². The zero-order chi connectivity index (χ0) is 76.0.